The molecule has 5 nitrogen and oxygen atoms in total. The maximum Gasteiger partial charge on any atom is 0.230 e. The summed E-state index contributed by atoms with van der Waals surface area (Å²) >= 11 is 1.59. The molecule has 0 bridgehead atoms. The number of aryl methyl sites for hydroxylation is 2. The second-order valence-electron chi connectivity index (χ2n) is 6.82. The summed E-state index contributed by atoms with van der Waals surface area (Å²) in [5.41, 5.74) is 4.53. The highest BCUT2D eigenvalue weighted by molar-refractivity contribution is 7.99. The predicted octanol–water partition coefficient (Wildman–Crippen LogP) is 3.44. The molecule has 26 heavy (non-hydrogen) atoms. The minimum Gasteiger partial charge on any atom is -0.361 e. The summed E-state index contributed by atoms with van der Waals surface area (Å²) < 4.78 is 5.16. The lowest BCUT2D eigenvalue weighted by Gasteiger charge is -2.17. The van der Waals surface area contributed by atoms with Crippen molar-refractivity contribution in [1.82, 2.24) is 15.4 Å². The van der Waals surface area contributed by atoms with Gasteiger partial charge in [0.2, 0.25) is 5.91 Å². The number of aromatic nitrogens is 1. The van der Waals surface area contributed by atoms with Crippen molar-refractivity contribution in [3.8, 4) is 0 Å². The highest BCUT2D eigenvalue weighted by Crippen LogP contribution is 2.19. The molecule has 1 aromatic heterocycles. The molecule has 1 saturated heterocycles. The van der Waals surface area contributed by atoms with Crippen molar-refractivity contribution in [1.29, 1.82) is 0 Å². The van der Waals surface area contributed by atoms with E-state index in [9.17, 15) is 4.79 Å². The van der Waals surface area contributed by atoms with Crippen LogP contribution in [0, 0.1) is 13.8 Å². The van der Waals surface area contributed by atoms with E-state index >= 15 is 0 Å². The molecule has 1 N–H and O–H groups in total. The van der Waals surface area contributed by atoms with E-state index in [4.69, 9.17) is 4.52 Å². The molecule has 3 rings (SSSR count). The summed E-state index contributed by atoms with van der Waals surface area (Å²) in [6.07, 6.45) is 2.59. The molecule has 0 saturated carbocycles. The first kappa shape index (κ1) is 19.0. The number of rotatable bonds is 8. The maximum atomic E-state index is 12.2. The molecule has 2 heterocycles. The van der Waals surface area contributed by atoms with Crippen molar-refractivity contribution in [2.45, 2.75) is 45.5 Å². The van der Waals surface area contributed by atoms with Gasteiger partial charge < -0.3 is 9.84 Å². The van der Waals surface area contributed by atoms with Crippen LogP contribution in [0.15, 0.2) is 28.8 Å². The van der Waals surface area contributed by atoms with Crippen LogP contribution >= 0.6 is 11.8 Å². The summed E-state index contributed by atoms with van der Waals surface area (Å²) in [5.74, 6) is 2.10. The number of carbonyl (C=O) groups excluding carboxylic acids is 1. The van der Waals surface area contributed by atoms with Gasteiger partial charge in [0.25, 0.3) is 0 Å². The molecule has 1 aliphatic heterocycles. The molecule has 1 fully saturated rings. The molecular weight excluding hydrogens is 346 g/mol. The highest BCUT2D eigenvalue weighted by atomic mass is 32.2. The second-order valence-corrected chi connectivity index (χ2v) is 7.81. The smallest absolute Gasteiger partial charge is 0.230 e. The van der Waals surface area contributed by atoms with E-state index in [-0.39, 0.29) is 5.91 Å². The minimum atomic E-state index is 0.0673. The minimum absolute atomic E-state index is 0.0673. The third-order valence-electron chi connectivity index (χ3n) is 4.85. The van der Waals surface area contributed by atoms with Gasteiger partial charge in [-0.15, -0.1) is 11.8 Å². The number of carbonyl (C=O) groups is 1. The number of likely N-dealkylation sites (tertiary alicyclic amines) is 1. The van der Waals surface area contributed by atoms with Crippen LogP contribution in [-0.4, -0.2) is 34.8 Å². The molecule has 140 valence electrons. The Bertz CT molecular complexity index is 719. The van der Waals surface area contributed by atoms with E-state index in [1.165, 1.54) is 37.1 Å². The van der Waals surface area contributed by atoms with E-state index < -0.39 is 0 Å². The summed E-state index contributed by atoms with van der Waals surface area (Å²) in [6, 6.07) is 8.41. The standard InChI is InChI=1S/C20H27N3O2S/c1-15-19(16(2)25-22-15)13-26-14-20(24)21-11-17-7-3-4-8-18(17)12-23-9-5-6-10-23/h3-4,7-8H,5-6,9-14H2,1-2H3,(H,21,24). The lowest BCUT2D eigenvalue weighted by molar-refractivity contribution is -0.118. The van der Waals surface area contributed by atoms with Gasteiger partial charge in [0.15, 0.2) is 0 Å². The average Bonchev–Trinajstić information content (AvgIpc) is 3.26. The zero-order valence-electron chi connectivity index (χ0n) is 15.6. The normalized spacial score (nSPS) is 14.7. The van der Waals surface area contributed by atoms with Crippen LogP contribution in [0.1, 0.15) is 41.0 Å². The molecule has 2 aromatic rings. The van der Waals surface area contributed by atoms with Crippen molar-refractivity contribution < 1.29 is 9.32 Å². The van der Waals surface area contributed by atoms with Crippen LogP contribution < -0.4 is 5.32 Å². The molecule has 0 radical (unpaired) electrons. The number of amides is 1. The molecule has 0 atom stereocenters. The van der Waals surface area contributed by atoms with Gasteiger partial charge >= 0.3 is 0 Å². The number of thioether (sulfide) groups is 1. The third-order valence-corrected chi connectivity index (χ3v) is 5.81. The van der Waals surface area contributed by atoms with Crippen LogP contribution in [0.3, 0.4) is 0 Å². The van der Waals surface area contributed by atoms with E-state index in [0.717, 1.165) is 29.3 Å². The summed E-state index contributed by atoms with van der Waals surface area (Å²) in [6.45, 7) is 7.77. The van der Waals surface area contributed by atoms with Gasteiger partial charge in [-0.2, -0.15) is 0 Å². The second kappa shape index (κ2) is 9.24. The van der Waals surface area contributed by atoms with Crippen LogP contribution in [-0.2, 0) is 23.6 Å². The first-order chi connectivity index (χ1) is 12.6. The number of nitrogens with zero attached hydrogens (tertiary/aromatic N) is 2. The Morgan fingerprint density at radius 1 is 1.23 bits per heavy atom. The van der Waals surface area contributed by atoms with Gasteiger partial charge in [-0.25, -0.2) is 0 Å². The number of hydrogen-bond donors (Lipinski definition) is 1. The van der Waals surface area contributed by atoms with E-state index in [0.29, 0.717) is 12.3 Å². The number of hydrogen-bond acceptors (Lipinski definition) is 5. The van der Waals surface area contributed by atoms with Crippen molar-refractivity contribution in [3.05, 3.63) is 52.4 Å². The van der Waals surface area contributed by atoms with Gasteiger partial charge in [0.1, 0.15) is 5.76 Å². The van der Waals surface area contributed by atoms with Gasteiger partial charge in [0, 0.05) is 24.4 Å². The van der Waals surface area contributed by atoms with E-state index in [1.807, 2.05) is 19.9 Å². The summed E-state index contributed by atoms with van der Waals surface area (Å²) in [7, 11) is 0. The lowest BCUT2D eigenvalue weighted by Crippen LogP contribution is -2.26. The van der Waals surface area contributed by atoms with Crippen LogP contribution in [0.5, 0.6) is 0 Å². The van der Waals surface area contributed by atoms with E-state index in [2.05, 4.69) is 33.6 Å². The number of nitrogens with one attached hydrogen (secondary N) is 1. The molecule has 1 aliphatic rings. The lowest BCUT2D eigenvalue weighted by atomic mass is 10.1. The quantitative estimate of drug-likeness (QED) is 0.768. The predicted molar refractivity (Wildman–Crippen MR) is 105 cm³/mol. The average molecular weight is 374 g/mol. The molecule has 0 aliphatic carbocycles. The van der Waals surface area contributed by atoms with Crippen molar-refractivity contribution in [3.63, 3.8) is 0 Å². The molecule has 1 amide bonds. The fourth-order valence-corrected chi connectivity index (χ4v) is 4.27. The van der Waals surface area contributed by atoms with Gasteiger partial charge in [-0.1, -0.05) is 29.4 Å². The topological polar surface area (TPSA) is 58.4 Å². The summed E-state index contributed by atoms with van der Waals surface area (Å²) in [4.78, 5) is 14.7. The van der Waals surface area contributed by atoms with Crippen molar-refractivity contribution >= 4 is 17.7 Å². The Balaban J connectivity index is 1.45. The Kier molecular flexibility index (Phi) is 6.74. The van der Waals surface area contributed by atoms with Crippen LogP contribution in [0.2, 0.25) is 0 Å². The Labute approximate surface area is 159 Å². The SMILES string of the molecule is Cc1noc(C)c1CSCC(=O)NCc1ccccc1CN1CCCC1. The van der Waals surface area contributed by atoms with Crippen LogP contribution in [0.4, 0.5) is 0 Å². The zero-order valence-corrected chi connectivity index (χ0v) is 16.4. The third kappa shape index (κ3) is 5.11. The fraction of sp³-hybridized carbons (Fsp3) is 0.500. The molecule has 6 heteroatoms. The largest absolute Gasteiger partial charge is 0.361 e. The molecule has 0 spiro atoms. The number of benzene rings is 1. The van der Waals surface area contributed by atoms with E-state index in [1.54, 1.807) is 11.8 Å². The van der Waals surface area contributed by atoms with Crippen LogP contribution in [0.25, 0.3) is 0 Å². The van der Waals surface area contributed by atoms with Gasteiger partial charge in [-0.05, 0) is 50.9 Å². The Hall–Kier alpha value is -1.79. The summed E-state index contributed by atoms with van der Waals surface area (Å²) in [5, 5.41) is 7.00. The first-order valence-corrected chi connectivity index (χ1v) is 10.3. The van der Waals surface area contributed by atoms with Gasteiger partial charge in [0.05, 0.1) is 11.4 Å². The van der Waals surface area contributed by atoms with Crippen molar-refractivity contribution in [2.75, 3.05) is 18.8 Å². The monoisotopic (exact) mass is 373 g/mol. The fourth-order valence-electron chi connectivity index (χ4n) is 3.26. The highest BCUT2D eigenvalue weighted by Gasteiger charge is 2.14. The van der Waals surface area contributed by atoms with Crippen molar-refractivity contribution in [2.24, 2.45) is 0 Å². The molecule has 0 unspecified atom stereocenters. The first-order valence-electron chi connectivity index (χ1n) is 9.19. The maximum absolute atomic E-state index is 12.2. The van der Waals surface area contributed by atoms with Gasteiger partial charge in [-0.3, -0.25) is 9.69 Å². The molecular formula is C20H27N3O2S. The molecule has 1 aromatic carbocycles. The Morgan fingerprint density at radius 2 is 1.96 bits per heavy atom. The zero-order chi connectivity index (χ0) is 18.4. The Morgan fingerprint density at radius 3 is 2.65 bits per heavy atom.